The van der Waals surface area contributed by atoms with E-state index < -0.39 is 0 Å². The fourth-order valence-corrected chi connectivity index (χ4v) is 5.75. The molecule has 5 heteroatoms. The number of carbonyl (C=O) groups is 3. The van der Waals surface area contributed by atoms with Gasteiger partial charge in [-0.3, -0.25) is 14.4 Å². The van der Waals surface area contributed by atoms with Crippen LogP contribution in [-0.2, 0) is 16.8 Å². The highest BCUT2D eigenvalue weighted by atomic mass is 16.5. The topological polar surface area (TPSA) is 63.7 Å². The number of benzene rings is 3. The van der Waals surface area contributed by atoms with Crippen LogP contribution >= 0.6 is 0 Å². The zero-order valence-electron chi connectivity index (χ0n) is 29.3. The van der Waals surface area contributed by atoms with Crippen LogP contribution in [0.1, 0.15) is 112 Å². The average Bonchev–Trinajstić information content (AvgIpc) is 3.03. The maximum absolute atomic E-state index is 13.1. The van der Waals surface area contributed by atoms with Crippen LogP contribution in [0.5, 0.6) is 5.75 Å². The van der Waals surface area contributed by atoms with Gasteiger partial charge in [0.05, 0.1) is 6.42 Å². The normalized spacial score (nSPS) is 14.7. The van der Waals surface area contributed by atoms with E-state index in [1.807, 2.05) is 36.4 Å². The Bertz CT molecular complexity index is 1580. The van der Waals surface area contributed by atoms with Crippen molar-refractivity contribution < 1.29 is 19.1 Å². The second-order valence-electron chi connectivity index (χ2n) is 14.8. The molecule has 0 aromatic heterocycles. The quantitative estimate of drug-likeness (QED) is 0.131. The number of rotatable bonds is 14. The molecule has 1 aliphatic heterocycles. The van der Waals surface area contributed by atoms with E-state index in [9.17, 15) is 14.4 Å². The minimum absolute atomic E-state index is 0.00651. The first kappa shape index (κ1) is 35.6. The second-order valence-corrected chi connectivity index (χ2v) is 14.8. The van der Waals surface area contributed by atoms with E-state index in [2.05, 4.69) is 71.7 Å². The Balaban J connectivity index is 1.22. The van der Waals surface area contributed by atoms with Gasteiger partial charge in [0, 0.05) is 42.4 Å². The summed E-state index contributed by atoms with van der Waals surface area (Å²) in [6, 6.07) is 22.6. The van der Waals surface area contributed by atoms with Crippen molar-refractivity contribution in [3.63, 3.8) is 0 Å². The monoisotopic (exact) mass is 633 g/mol. The Labute approximate surface area is 281 Å². The van der Waals surface area contributed by atoms with Crippen molar-refractivity contribution in [2.24, 2.45) is 11.3 Å². The fourth-order valence-electron chi connectivity index (χ4n) is 5.75. The van der Waals surface area contributed by atoms with Gasteiger partial charge in [0.25, 0.3) is 0 Å². The third kappa shape index (κ3) is 10.4. The molecule has 3 aromatic rings. The average molecular weight is 634 g/mol. The Hall–Kier alpha value is -4.25. The van der Waals surface area contributed by atoms with Crippen LogP contribution in [-0.4, -0.2) is 35.3 Å². The Kier molecular flexibility index (Phi) is 11.8. The summed E-state index contributed by atoms with van der Waals surface area (Å²) in [5.74, 6) is 1.08. The van der Waals surface area contributed by atoms with Gasteiger partial charge < -0.3 is 9.64 Å². The molecule has 5 nitrogen and oxygen atoms in total. The molecule has 1 aliphatic rings. The summed E-state index contributed by atoms with van der Waals surface area (Å²) in [4.78, 5) is 40.9. The maximum atomic E-state index is 13.1. The second kappa shape index (κ2) is 15.6. The summed E-state index contributed by atoms with van der Waals surface area (Å²) in [5.41, 5.74) is 5.17. The summed E-state index contributed by atoms with van der Waals surface area (Å²) >= 11 is 0. The van der Waals surface area contributed by atoms with E-state index in [1.54, 1.807) is 36.4 Å². The lowest BCUT2D eigenvalue weighted by atomic mass is 9.76. The Morgan fingerprint density at radius 1 is 0.851 bits per heavy atom. The molecule has 0 radical (unpaired) electrons. The molecular weight excluding hydrogens is 582 g/mol. The van der Waals surface area contributed by atoms with Crippen LogP contribution < -0.4 is 4.74 Å². The molecule has 4 rings (SSSR count). The first-order valence-electron chi connectivity index (χ1n) is 16.9. The lowest BCUT2D eigenvalue weighted by Gasteiger charge is -2.37. The minimum Gasteiger partial charge on any atom is -0.489 e. The lowest BCUT2D eigenvalue weighted by Crippen LogP contribution is -2.36. The number of hydrogen-bond donors (Lipinski definition) is 0. The third-order valence-electron chi connectivity index (χ3n) is 8.77. The van der Waals surface area contributed by atoms with Gasteiger partial charge in [0.2, 0.25) is 0 Å². The minimum atomic E-state index is -0.211. The summed E-state index contributed by atoms with van der Waals surface area (Å²) in [5, 5.41) is 0. The highest BCUT2D eigenvalue weighted by molar-refractivity contribution is 6.13. The van der Waals surface area contributed by atoms with E-state index in [0.717, 1.165) is 41.8 Å². The van der Waals surface area contributed by atoms with Crippen molar-refractivity contribution in [2.75, 3.05) is 13.1 Å². The lowest BCUT2D eigenvalue weighted by molar-refractivity contribution is -0.116. The van der Waals surface area contributed by atoms with Crippen molar-refractivity contribution in [3.8, 4) is 5.75 Å². The summed E-state index contributed by atoms with van der Waals surface area (Å²) in [6.07, 6.45) is 8.30. The van der Waals surface area contributed by atoms with Gasteiger partial charge in [0.15, 0.2) is 17.3 Å². The maximum Gasteiger partial charge on any atom is 0.170 e. The molecular formula is C42H51NO4. The van der Waals surface area contributed by atoms with Crippen LogP contribution in [0.25, 0.3) is 6.08 Å². The highest BCUT2D eigenvalue weighted by Crippen LogP contribution is 2.36. The van der Waals surface area contributed by atoms with Crippen molar-refractivity contribution in [1.82, 2.24) is 4.90 Å². The molecule has 0 saturated heterocycles. The number of nitrogens with zero attached hydrogens (tertiary/aromatic N) is 1. The molecule has 47 heavy (non-hydrogen) atoms. The zero-order chi connectivity index (χ0) is 34.2. The Morgan fingerprint density at radius 2 is 1.45 bits per heavy atom. The van der Waals surface area contributed by atoms with Crippen LogP contribution in [0.15, 0.2) is 90.6 Å². The van der Waals surface area contributed by atoms with E-state index >= 15 is 0 Å². The molecule has 0 atom stereocenters. The summed E-state index contributed by atoms with van der Waals surface area (Å²) in [6.45, 7) is 17.6. The van der Waals surface area contributed by atoms with E-state index in [1.165, 1.54) is 0 Å². The van der Waals surface area contributed by atoms with Gasteiger partial charge in [-0.2, -0.15) is 0 Å². The first-order chi connectivity index (χ1) is 22.2. The van der Waals surface area contributed by atoms with Crippen LogP contribution in [0.3, 0.4) is 0 Å². The molecule has 3 aromatic carbocycles. The number of ketones is 3. The molecule has 248 valence electrons. The van der Waals surface area contributed by atoms with Gasteiger partial charge >= 0.3 is 0 Å². The van der Waals surface area contributed by atoms with Gasteiger partial charge in [0.1, 0.15) is 12.4 Å². The molecule has 0 saturated carbocycles. The smallest absolute Gasteiger partial charge is 0.170 e. The molecule has 1 heterocycles. The third-order valence-corrected chi connectivity index (χ3v) is 8.77. The van der Waals surface area contributed by atoms with Crippen molar-refractivity contribution in [1.29, 1.82) is 0 Å². The molecule has 0 unspecified atom stereocenters. The van der Waals surface area contributed by atoms with Crippen molar-refractivity contribution in [2.45, 2.75) is 86.2 Å². The number of ether oxygens (including phenoxy) is 1. The molecule has 0 N–H and O–H groups in total. The highest BCUT2D eigenvalue weighted by Gasteiger charge is 2.32. The summed E-state index contributed by atoms with van der Waals surface area (Å²) in [7, 11) is 0. The van der Waals surface area contributed by atoms with Crippen LogP contribution in [0.4, 0.5) is 0 Å². The van der Waals surface area contributed by atoms with Gasteiger partial charge in [-0.1, -0.05) is 109 Å². The Morgan fingerprint density at radius 3 is 2.02 bits per heavy atom. The van der Waals surface area contributed by atoms with E-state index in [4.69, 9.17) is 4.74 Å². The van der Waals surface area contributed by atoms with E-state index in [0.29, 0.717) is 42.2 Å². The van der Waals surface area contributed by atoms with Crippen LogP contribution in [0.2, 0.25) is 0 Å². The number of allylic oxidation sites excluding steroid dienone is 2. The zero-order valence-corrected chi connectivity index (χ0v) is 29.3. The first-order valence-corrected chi connectivity index (χ1v) is 16.9. The summed E-state index contributed by atoms with van der Waals surface area (Å²) < 4.78 is 5.94. The van der Waals surface area contributed by atoms with Gasteiger partial charge in [-0.05, 0) is 70.5 Å². The molecule has 0 bridgehead atoms. The SMILES string of the molecule is CC(C)CN1C=C(C(=O)CC/C=C/c2ccc(COc3ccc(C(=O)CC(=O)c4ccc(C(C)(C)C)cc4)cc3)cc2)C(C)(C)CC1. The van der Waals surface area contributed by atoms with Crippen molar-refractivity contribution >= 4 is 23.4 Å². The predicted molar refractivity (Wildman–Crippen MR) is 192 cm³/mol. The predicted octanol–water partition coefficient (Wildman–Crippen LogP) is 9.65. The molecule has 0 spiro atoms. The standard InChI is InChI=1S/C42H51NO4/c1-30(2)27-43-25-24-42(6,7)37(28-43)38(44)11-9-8-10-31-12-14-32(15-13-31)29-47-36-22-18-34(19-23-36)40(46)26-39(45)33-16-20-35(21-17-33)41(3,4)5/h8,10,12-23,28,30H,9,11,24-27,29H2,1-7H3/b10-8+. The largest absolute Gasteiger partial charge is 0.489 e. The molecule has 0 amide bonds. The number of Topliss-reactive ketones (excluding diaryl/α,β-unsaturated/α-hetero) is 3. The van der Waals surface area contributed by atoms with Crippen molar-refractivity contribution in [3.05, 3.63) is 118 Å². The molecule has 0 fully saturated rings. The van der Waals surface area contributed by atoms with Gasteiger partial charge in [-0.25, -0.2) is 0 Å². The number of carbonyl (C=O) groups excluding carboxylic acids is 3. The number of hydrogen-bond acceptors (Lipinski definition) is 5. The fraction of sp³-hybridized carbons (Fsp3) is 0.405. The van der Waals surface area contributed by atoms with Crippen LogP contribution in [0, 0.1) is 11.3 Å². The van der Waals surface area contributed by atoms with E-state index in [-0.39, 0.29) is 34.6 Å². The molecule has 0 aliphatic carbocycles. The van der Waals surface area contributed by atoms with Gasteiger partial charge in [-0.15, -0.1) is 0 Å².